The van der Waals surface area contributed by atoms with E-state index in [1.54, 1.807) is 19.2 Å². The van der Waals surface area contributed by atoms with Crippen LogP contribution in [-0.4, -0.2) is 55.7 Å². The highest BCUT2D eigenvalue weighted by Crippen LogP contribution is 2.59. The van der Waals surface area contributed by atoms with Crippen LogP contribution in [0.2, 0.25) is 0 Å². The van der Waals surface area contributed by atoms with Gasteiger partial charge in [0.2, 0.25) is 0 Å². The summed E-state index contributed by atoms with van der Waals surface area (Å²) in [6.07, 6.45) is 8.27. The van der Waals surface area contributed by atoms with Gasteiger partial charge in [0.1, 0.15) is 11.5 Å². The number of anilines is 1. The monoisotopic (exact) mass is 565 g/mol. The fourth-order valence-electron chi connectivity index (χ4n) is 8.85. The van der Waals surface area contributed by atoms with Gasteiger partial charge in [-0.05, 0) is 115 Å². The second-order valence-electron chi connectivity index (χ2n) is 13.5. The molecule has 220 valence electrons. The number of ether oxygens (including phenoxy) is 1. The molecular formula is C36H43N3O3. The molecule has 42 heavy (non-hydrogen) atoms. The number of nitrogens with one attached hydrogen (secondary N) is 1. The minimum atomic E-state index is 0.0751. The average Bonchev–Trinajstić information content (AvgIpc) is 3.00. The summed E-state index contributed by atoms with van der Waals surface area (Å²) in [7, 11) is 1.72. The quantitative estimate of drug-likeness (QED) is 0.334. The standard InChI is InChI=1S/C36H43N3O3/c1-42-34-19-30(29-3-2-4-33(40)18-29)5-6-31(34)23-38-11-13-39(14-12-38)32-9-7-28(8-10-32)35(41)37-24-36-20-25-15-26(21-36)17-27(16-25)22-36/h2-10,18-19,25-27,40H,11-17,20-24H2,1H3,(H,37,41). The summed E-state index contributed by atoms with van der Waals surface area (Å²) in [4.78, 5) is 17.9. The van der Waals surface area contributed by atoms with Crippen molar-refractivity contribution in [3.63, 3.8) is 0 Å². The summed E-state index contributed by atoms with van der Waals surface area (Å²) in [6.45, 7) is 5.50. The molecule has 3 aromatic rings. The van der Waals surface area contributed by atoms with Gasteiger partial charge in [-0.15, -0.1) is 0 Å². The topological polar surface area (TPSA) is 65.0 Å². The van der Waals surface area contributed by atoms with E-state index in [9.17, 15) is 9.90 Å². The van der Waals surface area contributed by atoms with Crippen molar-refractivity contribution < 1.29 is 14.6 Å². The van der Waals surface area contributed by atoms with Crippen molar-refractivity contribution in [3.05, 3.63) is 77.9 Å². The van der Waals surface area contributed by atoms with Gasteiger partial charge in [0.05, 0.1) is 7.11 Å². The van der Waals surface area contributed by atoms with Crippen LogP contribution in [0, 0.1) is 23.2 Å². The van der Waals surface area contributed by atoms with E-state index in [0.29, 0.717) is 5.41 Å². The van der Waals surface area contributed by atoms with Crippen molar-refractivity contribution in [1.82, 2.24) is 10.2 Å². The van der Waals surface area contributed by atoms with E-state index >= 15 is 0 Å². The third kappa shape index (κ3) is 5.61. The summed E-state index contributed by atoms with van der Waals surface area (Å²) < 4.78 is 5.75. The molecule has 6 heteroatoms. The molecule has 0 atom stereocenters. The molecule has 0 spiro atoms. The minimum absolute atomic E-state index is 0.0751. The molecule has 1 aliphatic heterocycles. The van der Waals surface area contributed by atoms with Crippen LogP contribution in [0.3, 0.4) is 0 Å². The lowest BCUT2D eigenvalue weighted by Crippen LogP contribution is -2.51. The zero-order valence-corrected chi connectivity index (χ0v) is 24.7. The van der Waals surface area contributed by atoms with Crippen LogP contribution in [0.25, 0.3) is 11.1 Å². The smallest absolute Gasteiger partial charge is 0.251 e. The largest absolute Gasteiger partial charge is 0.508 e. The molecule has 4 saturated carbocycles. The van der Waals surface area contributed by atoms with Crippen LogP contribution in [0.5, 0.6) is 11.5 Å². The SMILES string of the molecule is COc1cc(-c2cccc(O)c2)ccc1CN1CCN(c2ccc(C(=O)NCC34CC5CC(CC(C5)C3)C4)cc2)CC1. The van der Waals surface area contributed by atoms with Crippen LogP contribution < -0.4 is 15.0 Å². The average molecular weight is 566 g/mol. The van der Waals surface area contributed by atoms with Crippen molar-refractivity contribution in [3.8, 4) is 22.6 Å². The van der Waals surface area contributed by atoms with Gasteiger partial charge in [-0.1, -0.05) is 24.3 Å². The third-order valence-electron chi connectivity index (χ3n) is 10.5. The molecule has 3 aromatic carbocycles. The van der Waals surface area contributed by atoms with E-state index in [1.165, 1.54) is 49.8 Å². The van der Waals surface area contributed by atoms with Crippen LogP contribution in [0.4, 0.5) is 5.69 Å². The second-order valence-corrected chi connectivity index (χ2v) is 13.5. The number of nitrogens with zero attached hydrogens (tertiary/aromatic N) is 2. The molecule has 2 N–H and O–H groups in total. The number of amides is 1. The number of carbonyl (C=O) groups excluding carboxylic acids is 1. The normalized spacial score (nSPS) is 26.8. The number of aromatic hydroxyl groups is 1. The maximum Gasteiger partial charge on any atom is 0.251 e. The Bertz CT molecular complexity index is 1390. The first-order valence-electron chi connectivity index (χ1n) is 15.8. The van der Waals surface area contributed by atoms with Gasteiger partial charge in [0.25, 0.3) is 5.91 Å². The number of phenols is 1. The van der Waals surface area contributed by atoms with Crippen LogP contribution in [-0.2, 0) is 6.54 Å². The molecule has 0 aromatic heterocycles. The highest BCUT2D eigenvalue weighted by Gasteiger charge is 2.50. The molecule has 0 unspecified atom stereocenters. The van der Waals surface area contributed by atoms with Crippen molar-refractivity contribution in [1.29, 1.82) is 0 Å². The van der Waals surface area contributed by atoms with Crippen LogP contribution >= 0.6 is 0 Å². The number of rotatable bonds is 8. The summed E-state index contributed by atoms with van der Waals surface area (Å²) in [5.74, 6) is 3.93. The number of carbonyl (C=O) groups is 1. The predicted molar refractivity (Wildman–Crippen MR) is 167 cm³/mol. The summed E-state index contributed by atoms with van der Waals surface area (Å²) in [5.41, 5.74) is 5.48. The van der Waals surface area contributed by atoms with E-state index in [1.807, 2.05) is 24.3 Å². The van der Waals surface area contributed by atoms with Gasteiger partial charge in [0, 0.05) is 56.1 Å². The Labute approximate surface area is 249 Å². The number of benzene rings is 3. The zero-order valence-electron chi connectivity index (χ0n) is 24.7. The van der Waals surface area contributed by atoms with Gasteiger partial charge in [-0.25, -0.2) is 0 Å². The van der Waals surface area contributed by atoms with E-state index in [0.717, 1.165) is 79.5 Å². The second kappa shape index (κ2) is 11.3. The molecule has 4 aliphatic carbocycles. The van der Waals surface area contributed by atoms with Crippen molar-refractivity contribution in [2.24, 2.45) is 23.2 Å². The highest BCUT2D eigenvalue weighted by atomic mass is 16.5. The number of piperazine rings is 1. The first-order chi connectivity index (χ1) is 20.4. The zero-order chi connectivity index (χ0) is 28.7. The predicted octanol–water partition coefficient (Wildman–Crippen LogP) is 6.34. The Morgan fingerprint density at radius 1 is 0.881 bits per heavy atom. The fourth-order valence-corrected chi connectivity index (χ4v) is 8.85. The molecule has 0 radical (unpaired) electrons. The van der Waals surface area contributed by atoms with Gasteiger partial charge in [0.15, 0.2) is 0 Å². The maximum atomic E-state index is 13.1. The molecule has 1 saturated heterocycles. The molecule has 5 fully saturated rings. The third-order valence-corrected chi connectivity index (χ3v) is 10.5. The maximum absolute atomic E-state index is 13.1. The number of hydrogen-bond acceptors (Lipinski definition) is 5. The van der Waals surface area contributed by atoms with E-state index in [4.69, 9.17) is 4.74 Å². The molecule has 6 nitrogen and oxygen atoms in total. The number of hydrogen-bond donors (Lipinski definition) is 2. The summed E-state index contributed by atoms with van der Waals surface area (Å²) in [6, 6.07) is 21.8. The van der Waals surface area contributed by atoms with Crippen molar-refractivity contribution in [2.45, 2.75) is 45.1 Å². The molecule has 8 rings (SSSR count). The Morgan fingerprint density at radius 3 is 2.19 bits per heavy atom. The van der Waals surface area contributed by atoms with E-state index in [-0.39, 0.29) is 11.7 Å². The molecule has 1 amide bonds. The Balaban J connectivity index is 0.917. The molecular weight excluding hydrogens is 522 g/mol. The lowest BCUT2D eigenvalue weighted by Gasteiger charge is -2.56. The van der Waals surface area contributed by atoms with Gasteiger partial charge in [-0.2, -0.15) is 0 Å². The first-order valence-corrected chi connectivity index (χ1v) is 15.8. The first kappa shape index (κ1) is 27.3. The number of methoxy groups -OCH3 is 1. The van der Waals surface area contributed by atoms with Gasteiger partial charge >= 0.3 is 0 Å². The van der Waals surface area contributed by atoms with Crippen LogP contribution in [0.15, 0.2) is 66.7 Å². The molecule has 1 heterocycles. The lowest BCUT2D eigenvalue weighted by atomic mass is 9.49. The lowest BCUT2D eigenvalue weighted by molar-refractivity contribution is -0.0503. The highest BCUT2D eigenvalue weighted by molar-refractivity contribution is 5.94. The number of phenolic OH excluding ortho intramolecular Hbond substituents is 1. The molecule has 4 bridgehead atoms. The van der Waals surface area contributed by atoms with Crippen molar-refractivity contribution in [2.75, 3.05) is 44.7 Å². The van der Waals surface area contributed by atoms with E-state index in [2.05, 4.69) is 45.4 Å². The Hall–Kier alpha value is -3.51. The van der Waals surface area contributed by atoms with E-state index < -0.39 is 0 Å². The summed E-state index contributed by atoms with van der Waals surface area (Å²) >= 11 is 0. The fraction of sp³-hybridized carbons (Fsp3) is 0.472. The van der Waals surface area contributed by atoms with Crippen molar-refractivity contribution >= 4 is 11.6 Å². The van der Waals surface area contributed by atoms with Gasteiger partial charge < -0.3 is 20.1 Å². The molecule has 5 aliphatic rings. The summed E-state index contributed by atoms with van der Waals surface area (Å²) in [5, 5.41) is 13.2. The minimum Gasteiger partial charge on any atom is -0.508 e. The Kier molecular flexibility index (Phi) is 7.35. The van der Waals surface area contributed by atoms with Crippen LogP contribution in [0.1, 0.15) is 54.4 Å². The van der Waals surface area contributed by atoms with Gasteiger partial charge in [-0.3, -0.25) is 9.69 Å². The Morgan fingerprint density at radius 2 is 1.55 bits per heavy atom.